The number of carbonyl (C=O) groups is 2. The first-order valence-corrected chi connectivity index (χ1v) is 16.5. The number of fused-ring (bicyclic) bond motifs is 1. The van der Waals surface area contributed by atoms with E-state index in [9.17, 15) is 18.0 Å². The van der Waals surface area contributed by atoms with E-state index in [4.69, 9.17) is 9.47 Å². The van der Waals surface area contributed by atoms with Crippen LogP contribution in [0, 0.1) is 0 Å². The topological polar surface area (TPSA) is 105 Å². The van der Waals surface area contributed by atoms with Gasteiger partial charge in [-0.05, 0) is 41.8 Å². The Morgan fingerprint density at radius 3 is 2.31 bits per heavy atom. The Hall–Kier alpha value is -3.57. The summed E-state index contributed by atoms with van der Waals surface area (Å²) in [5.41, 5.74) is 1.95. The van der Waals surface area contributed by atoms with Gasteiger partial charge in [0.25, 0.3) is 0 Å². The number of hydrogen-bond donors (Lipinski definition) is 1. The largest absolute Gasteiger partial charge is 0.486 e. The van der Waals surface area contributed by atoms with Crippen molar-refractivity contribution >= 4 is 43.5 Å². The monoisotopic (exact) mass is 657 g/mol. The van der Waals surface area contributed by atoms with E-state index in [-0.39, 0.29) is 24.6 Å². The molecule has 42 heavy (non-hydrogen) atoms. The van der Waals surface area contributed by atoms with Crippen LogP contribution < -0.4 is 19.1 Å². The van der Waals surface area contributed by atoms with E-state index in [0.717, 1.165) is 39.0 Å². The molecule has 9 nitrogen and oxygen atoms in total. The van der Waals surface area contributed by atoms with Gasteiger partial charge in [-0.2, -0.15) is 0 Å². The van der Waals surface area contributed by atoms with Gasteiger partial charge in [-0.15, -0.1) is 0 Å². The molecule has 1 heterocycles. The number of nitrogens with one attached hydrogen (secondary N) is 1. The smallest absolute Gasteiger partial charge is 0.244 e. The lowest BCUT2D eigenvalue weighted by atomic mass is 10.0. The van der Waals surface area contributed by atoms with Crippen LogP contribution in [0.25, 0.3) is 0 Å². The zero-order chi connectivity index (χ0) is 30.1. The van der Waals surface area contributed by atoms with Crippen molar-refractivity contribution in [2.24, 2.45) is 0 Å². The van der Waals surface area contributed by atoms with Crippen molar-refractivity contribution in [3.63, 3.8) is 0 Å². The average molecular weight is 659 g/mol. The Balaban J connectivity index is 1.70. The van der Waals surface area contributed by atoms with Crippen LogP contribution in [0.5, 0.6) is 11.5 Å². The number of hydrogen-bond acceptors (Lipinski definition) is 6. The van der Waals surface area contributed by atoms with Gasteiger partial charge >= 0.3 is 0 Å². The van der Waals surface area contributed by atoms with E-state index >= 15 is 0 Å². The number of ether oxygens (including phenoxy) is 2. The highest BCUT2D eigenvalue weighted by Gasteiger charge is 2.33. The van der Waals surface area contributed by atoms with Crippen LogP contribution in [0.2, 0.25) is 0 Å². The second kappa shape index (κ2) is 14.6. The van der Waals surface area contributed by atoms with Gasteiger partial charge in [0, 0.05) is 30.0 Å². The lowest BCUT2D eigenvalue weighted by molar-refractivity contribution is -0.140. The minimum absolute atomic E-state index is 0.115. The number of anilines is 1. The summed E-state index contributed by atoms with van der Waals surface area (Å²) in [6, 6.07) is 20.8. The average Bonchev–Trinajstić information content (AvgIpc) is 2.98. The van der Waals surface area contributed by atoms with Crippen molar-refractivity contribution in [3.8, 4) is 11.5 Å². The van der Waals surface area contributed by atoms with E-state index in [0.29, 0.717) is 31.3 Å². The molecule has 0 aromatic heterocycles. The number of amides is 2. The first-order valence-electron chi connectivity index (χ1n) is 13.9. The molecular formula is C31H36BrN3O6S. The molecule has 11 heteroatoms. The molecule has 0 radical (unpaired) electrons. The molecule has 0 saturated heterocycles. The van der Waals surface area contributed by atoms with Gasteiger partial charge in [-0.1, -0.05) is 71.7 Å². The number of unbranched alkanes of at least 4 members (excludes halogenated alkanes) is 1. The molecule has 0 bridgehead atoms. The zero-order valence-electron chi connectivity index (χ0n) is 23.8. The predicted octanol–water partition coefficient (Wildman–Crippen LogP) is 4.54. The number of halogens is 1. The Morgan fingerprint density at radius 2 is 1.64 bits per heavy atom. The quantitative estimate of drug-likeness (QED) is 0.271. The summed E-state index contributed by atoms with van der Waals surface area (Å²) in [5, 5.41) is 2.98. The molecule has 1 N–H and O–H groups in total. The lowest BCUT2D eigenvalue weighted by Gasteiger charge is -2.33. The van der Waals surface area contributed by atoms with Crippen molar-refractivity contribution in [3.05, 3.63) is 88.4 Å². The number of carbonyl (C=O) groups excluding carboxylic acids is 2. The van der Waals surface area contributed by atoms with Crippen LogP contribution in [0.4, 0.5) is 5.69 Å². The third-order valence-corrected chi connectivity index (χ3v) is 8.53. The molecule has 0 spiro atoms. The molecule has 224 valence electrons. The molecule has 0 fully saturated rings. The molecule has 0 saturated carbocycles. The number of benzene rings is 3. The van der Waals surface area contributed by atoms with Crippen LogP contribution in [0.3, 0.4) is 0 Å². The maximum absolute atomic E-state index is 14.2. The molecule has 4 rings (SSSR count). The van der Waals surface area contributed by atoms with Crippen molar-refractivity contribution in [1.29, 1.82) is 0 Å². The lowest BCUT2D eigenvalue weighted by Crippen LogP contribution is -2.53. The molecule has 0 aliphatic carbocycles. The van der Waals surface area contributed by atoms with Gasteiger partial charge in [0.05, 0.1) is 11.9 Å². The maximum Gasteiger partial charge on any atom is 0.244 e. The highest BCUT2D eigenvalue weighted by atomic mass is 79.9. The summed E-state index contributed by atoms with van der Waals surface area (Å²) in [6.07, 6.45) is 3.03. The normalized spacial score (nSPS) is 13.2. The third-order valence-electron chi connectivity index (χ3n) is 6.86. The van der Waals surface area contributed by atoms with Crippen molar-refractivity contribution in [1.82, 2.24) is 10.2 Å². The van der Waals surface area contributed by atoms with Crippen LogP contribution in [0.15, 0.2) is 77.3 Å². The van der Waals surface area contributed by atoms with Crippen LogP contribution in [-0.4, -0.2) is 63.7 Å². The Labute approximate surface area is 256 Å². The molecule has 3 aromatic rings. The molecule has 1 atom stereocenters. The van der Waals surface area contributed by atoms with Gasteiger partial charge < -0.3 is 19.7 Å². The Morgan fingerprint density at radius 1 is 0.952 bits per heavy atom. The van der Waals surface area contributed by atoms with Gasteiger partial charge in [0.15, 0.2) is 11.5 Å². The SMILES string of the molecule is CCCCNC(=O)C(Cc1ccccc1)N(Cc1ccc(Br)cc1)C(=O)CN(c1ccc2c(c1)OCCO2)S(C)(=O)=O. The molecule has 2 amide bonds. The van der Waals surface area contributed by atoms with Crippen LogP contribution in [0.1, 0.15) is 30.9 Å². The minimum atomic E-state index is -3.89. The van der Waals surface area contributed by atoms with Crippen molar-refractivity contribution in [2.45, 2.75) is 38.8 Å². The van der Waals surface area contributed by atoms with E-state index in [2.05, 4.69) is 21.2 Å². The molecule has 1 aliphatic rings. The van der Waals surface area contributed by atoms with Gasteiger partial charge in [0.2, 0.25) is 21.8 Å². The molecule has 3 aromatic carbocycles. The van der Waals surface area contributed by atoms with E-state index < -0.39 is 28.5 Å². The Bertz CT molecular complexity index is 1470. The minimum Gasteiger partial charge on any atom is -0.486 e. The summed E-state index contributed by atoms with van der Waals surface area (Å²) in [5.74, 6) is 0.116. The van der Waals surface area contributed by atoms with Crippen molar-refractivity contribution in [2.75, 3.05) is 36.9 Å². The highest BCUT2D eigenvalue weighted by molar-refractivity contribution is 9.10. The summed E-state index contributed by atoms with van der Waals surface area (Å²) in [4.78, 5) is 29.3. The summed E-state index contributed by atoms with van der Waals surface area (Å²) >= 11 is 3.44. The fourth-order valence-corrected chi connectivity index (χ4v) is 5.75. The zero-order valence-corrected chi connectivity index (χ0v) is 26.2. The summed E-state index contributed by atoms with van der Waals surface area (Å²) in [6.45, 7) is 2.87. The second-order valence-corrected chi connectivity index (χ2v) is 12.9. The van der Waals surface area contributed by atoms with Gasteiger partial charge in [-0.25, -0.2) is 8.42 Å². The molecule has 1 aliphatic heterocycles. The van der Waals surface area contributed by atoms with Gasteiger partial charge in [-0.3, -0.25) is 13.9 Å². The Kier molecular flexibility index (Phi) is 10.9. The molecule has 1 unspecified atom stereocenters. The number of rotatable bonds is 13. The van der Waals surface area contributed by atoms with E-state index in [1.807, 2.05) is 61.5 Å². The second-order valence-electron chi connectivity index (χ2n) is 10.1. The van der Waals surface area contributed by atoms with Crippen LogP contribution in [-0.2, 0) is 32.6 Å². The summed E-state index contributed by atoms with van der Waals surface area (Å²) < 4.78 is 39.2. The van der Waals surface area contributed by atoms with Gasteiger partial charge in [0.1, 0.15) is 25.8 Å². The highest BCUT2D eigenvalue weighted by Crippen LogP contribution is 2.34. The maximum atomic E-state index is 14.2. The third kappa shape index (κ3) is 8.48. The van der Waals surface area contributed by atoms with Crippen molar-refractivity contribution < 1.29 is 27.5 Å². The number of sulfonamides is 1. The summed E-state index contributed by atoms with van der Waals surface area (Å²) in [7, 11) is -3.89. The first-order chi connectivity index (χ1) is 20.2. The van der Waals surface area contributed by atoms with E-state index in [1.54, 1.807) is 18.2 Å². The predicted molar refractivity (Wildman–Crippen MR) is 166 cm³/mol. The first kappa shape index (κ1) is 31.4. The fourth-order valence-electron chi connectivity index (χ4n) is 4.65. The number of nitrogens with zero attached hydrogens (tertiary/aromatic N) is 2. The standard InChI is InChI=1S/C31H36BrN3O6S/c1-3-4-16-33-31(37)27(19-23-8-6-5-7-9-23)34(21-24-10-12-25(32)13-11-24)30(36)22-35(42(2,38)39)26-14-15-28-29(20-26)41-18-17-40-28/h5-15,20,27H,3-4,16-19,21-22H2,1-2H3,(H,33,37). The van der Waals surface area contributed by atoms with E-state index in [1.165, 1.54) is 4.90 Å². The van der Waals surface area contributed by atoms with Crippen LogP contribution >= 0.6 is 15.9 Å². The fraction of sp³-hybridized carbons (Fsp3) is 0.355. The molecular weight excluding hydrogens is 622 g/mol.